The van der Waals surface area contributed by atoms with Gasteiger partial charge in [0.15, 0.2) is 11.6 Å². The summed E-state index contributed by atoms with van der Waals surface area (Å²) in [6, 6.07) is 52.5. The molecule has 268 valence electrons. The molecule has 0 fully saturated rings. The van der Waals surface area contributed by atoms with Gasteiger partial charge >= 0.3 is 0 Å². The molecule has 0 saturated heterocycles. The highest BCUT2D eigenvalue weighted by molar-refractivity contribution is 6.29. The van der Waals surface area contributed by atoms with E-state index < -0.39 is 0 Å². The molecule has 0 saturated carbocycles. The molecule has 5 nitrogen and oxygen atoms in total. The van der Waals surface area contributed by atoms with E-state index in [9.17, 15) is 0 Å². The van der Waals surface area contributed by atoms with Gasteiger partial charge in [0.1, 0.15) is 0 Å². The molecule has 0 spiro atoms. The summed E-state index contributed by atoms with van der Waals surface area (Å²) in [5.74, 6) is 2.39. The van der Waals surface area contributed by atoms with Crippen molar-refractivity contribution in [3.05, 3.63) is 162 Å². The molecule has 2 aliphatic rings. The first-order valence-corrected chi connectivity index (χ1v) is 19.8. The largest absolute Gasteiger partial charge is 0.309 e. The Balaban J connectivity index is 1.32. The third kappa shape index (κ3) is 4.02. The molecule has 7 aromatic carbocycles. The lowest BCUT2D eigenvalue weighted by atomic mass is 9.54. The molecule has 4 heterocycles. The summed E-state index contributed by atoms with van der Waals surface area (Å²) in [5.41, 5.74) is 12.1. The van der Waals surface area contributed by atoms with Gasteiger partial charge in [0.25, 0.3) is 0 Å². The fraction of sp³-hybridized carbons (Fsp3) is 0.157. The van der Waals surface area contributed by atoms with Crippen LogP contribution in [0, 0.1) is 5.92 Å². The van der Waals surface area contributed by atoms with Crippen LogP contribution in [0.2, 0.25) is 0 Å². The van der Waals surface area contributed by atoms with Crippen LogP contribution in [0.4, 0.5) is 0 Å². The minimum Gasteiger partial charge on any atom is -0.309 e. The molecule has 56 heavy (non-hydrogen) atoms. The van der Waals surface area contributed by atoms with Crippen molar-refractivity contribution >= 4 is 54.4 Å². The zero-order valence-corrected chi connectivity index (χ0v) is 31.9. The minimum absolute atomic E-state index is 0.0507. The first-order valence-electron chi connectivity index (χ1n) is 19.8. The second kappa shape index (κ2) is 11.0. The molecule has 2 atom stereocenters. The van der Waals surface area contributed by atoms with Gasteiger partial charge in [-0.15, -0.1) is 0 Å². The van der Waals surface area contributed by atoms with Crippen molar-refractivity contribution < 1.29 is 0 Å². The molecule has 1 aliphatic heterocycles. The summed E-state index contributed by atoms with van der Waals surface area (Å²) in [7, 11) is 0. The normalized spacial score (nSPS) is 18.3. The lowest BCUT2D eigenvalue weighted by Crippen LogP contribution is -2.44. The van der Waals surface area contributed by atoms with Gasteiger partial charge in [-0.2, -0.15) is 9.97 Å². The number of fused-ring (bicyclic) bond motifs is 11. The second-order valence-electron chi connectivity index (χ2n) is 16.8. The Bertz CT molecular complexity index is 3220. The van der Waals surface area contributed by atoms with Crippen LogP contribution in [0.25, 0.3) is 88.8 Å². The van der Waals surface area contributed by atoms with Crippen LogP contribution in [0.3, 0.4) is 0 Å². The van der Waals surface area contributed by atoms with E-state index in [1.54, 1.807) is 0 Å². The average molecular weight is 722 g/mol. The van der Waals surface area contributed by atoms with E-state index in [4.69, 9.17) is 15.0 Å². The lowest BCUT2D eigenvalue weighted by molar-refractivity contribution is 0.244. The van der Waals surface area contributed by atoms with Crippen molar-refractivity contribution in [2.75, 3.05) is 0 Å². The Kier molecular flexibility index (Phi) is 6.24. The summed E-state index contributed by atoms with van der Waals surface area (Å²) in [6.07, 6.45) is 1.07. The van der Waals surface area contributed by atoms with Gasteiger partial charge in [0.2, 0.25) is 5.95 Å². The molecular formula is C51H39N5. The van der Waals surface area contributed by atoms with E-state index in [0.29, 0.717) is 23.5 Å². The van der Waals surface area contributed by atoms with Crippen molar-refractivity contribution in [1.82, 2.24) is 24.1 Å². The van der Waals surface area contributed by atoms with Crippen molar-refractivity contribution in [3.8, 4) is 34.4 Å². The fourth-order valence-corrected chi connectivity index (χ4v) is 10.5. The predicted octanol–water partition coefficient (Wildman–Crippen LogP) is 12.5. The molecule has 5 heteroatoms. The van der Waals surface area contributed by atoms with Crippen LogP contribution in [-0.2, 0) is 10.8 Å². The van der Waals surface area contributed by atoms with Crippen LogP contribution in [0.5, 0.6) is 0 Å². The first kappa shape index (κ1) is 31.7. The summed E-state index contributed by atoms with van der Waals surface area (Å²) in [4.78, 5) is 15.9. The van der Waals surface area contributed by atoms with Gasteiger partial charge in [-0.25, -0.2) is 4.98 Å². The highest BCUT2D eigenvalue weighted by Crippen LogP contribution is 2.59. The SMILES string of the molecule is CC1CC2(C)c3c(cccc3C1(C)C)-n1c3ccccc3c3c1c2cc1c2ccc4ccccc4c2n(-c2nc(-c4ccccc4)nc(-c4ccccc4)n2)c13. The maximum Gasteiger partial charge on any atom is 0.238 e. The Morgan fingerprint density at radius 2 is 1.20 bits per heavy atom. The number of hydrogen-bond acceptors (Lipinski definition) is 3. The number of hydrogen-bond donors (Lipinski definition) is 0. The third-order valence-electron chi connectivity index (χ3n) is 13.5. The minimum atomic E-state index is -0.183. The highest BCUT2D eigenvalue weighted by Gasteiger charge is 2.50. The zero-order valence-electron chi connectivity index (χ0n) is 31.9. The van der Waals surface area contributed by atoms with E-state index in [-0.39, 0.29) is 10.8 Å². The fourth-order valence-electron chi connectivity index (χ4n) is 10.5. The number of para-hydroxylation sites is 1. The molecule has 12 rings (SSSR count). The van der Waals surface area contributed by atoms with Crippen LogP contribution in [-0.4, -0.2) is 24.1 Å². The maximum atomic E-state index is 5.39. The zero-order chi connectivity index (χ0) is 37.5. The average Bonchev–Trinajstić information content (AvgIpc) is 3.76. The van der Waals surface area contributed by atoms with Crippen molar-refractivity contribution in [3.63, 3.8) is 0 Å². The quantitative estimate of drug-likeness (QED) is 0.182. The smallest absolute Gasteiger partial charge is 0.238 e. The topological polar surface area (TPSA) is 48.5 Å². The predicted molar refractivity (Wildman–Crippen MR) is 230 cm³/mol. The summed E-state index contributed by atoms with van der Waals surface area (Å²) in [6.45, 7) is 9.85. The maximum absolute atomic E-state index is 5.39. The van der Waals surface area contributed by atoms with Crippen molar-refractivity contribution in [1.29, 1.82) is 0 Å². The number of rotatable bonds is 3. The standard InChI is InChI=1S/C51H39N5/c1-30-29-51(4)39-28-37-35-27-26-31-16-11-12-21-34(31)44(35)56(49-53-47(32-17-7-5-8-18-32)52-48(54-49)33-19-9-6-10-20-33)45(37)42-36-22-13-14-24-40(36)55(46(39)42)41-25-15-23-38(43(41)51)50(30,2)3/h5-28,30H,29H2,1-4H3. The first-order chi connectivity index (χ1) is 27.3. The molecular weight excluding hydrogens is 683 g/mol. The molecule has 0 radical (unpaired) electrons. The van der Waals surface area contributed by atoms with Gasteiger partial charge in [0, 0.05) is 43.5 Å². The summed E-state index contributed by atoms with van der Waals surface area (Å²) in [5, 5.41) is 7.24. The number of benzene rings is 7. The second-order valence-corrected chi connectivity index (χ2v) is 16.8. The Labute approximate surface area is 324 Å². The number of aromatic nitrogens is 5. The van der Waals surface area contributed by atoms with Gasteiger partial charge in [0.05, 0.1) is 27.8 Å². The van der Waals surface area contributed by atoms with E-state index in [2.05, 4.69) is 146 Å². The molecule has 2 unspecified atom stereocenters. The van der Waals surface area contributed by atoms with Crippen molar-refractivity contribution in [2.24, 2.45) is 5.92 Å². The summed E-state index contributed by atoms with van der Waals surface area (Å²) >= 11 is 0. The van der Waals surface area contributed by atoms with Gasteiger partial charge in [-0.3, -0.25) is 4.57 Å². The van der Waals surface area contributed by atoms with E-state index >= 15 is 0 Å². The van der Waals surface area contributed by atoms with Gasteiger partial charge < -0.3 is 4.57 Å². The Hall–Kier alpha value is -6.59. The van der Waals surface area contributed by atoms with E-state index in [1.807, 2.05) is 36.4 Å². The van der Waals surface area contributed by atoms with Crippen LogP contribution in [0.1, 0.15) is 50.8 Å². The molecule has 10 aromatic rings. The summed E-state index contributed by atoms with van der Waals surface area (Å²) < 4.78 is 4.94. The molecule has 0 amide bonds. The van der Waals surface area contributed by atoms with Crippen LogP contribution >= 0.6 is 0 Å². The Morgan fingerprint density at radius 1 is 0.536 bits per heavy atom. The third-order valence-corrected chi connectivity index (χ3v) is 13.5. The Morgan fingerprint density at radius 3 is 1.93 bits per heavy atom. The van der Waals surface area contributed by atoms with E-state index in [1.165, 1.54) is 65.7 Å². The molecule has 3 aromatic heterocycles. The lowest BCUT2D eigenvalue weighted by Gasteiger charge is -2.50. The van der Waals surface area contributed by atoms with Crippen molar-refractivity contribution in [2.45, 2.75) is 44.9 Å². The van der Waals surface area contributed by atoms with Crippen LogP contribution < -0.4 is 0 Å². The molecule has 1 aliphatic carbocycles. The number of nitrogens with zero attached hydrogens (tertiary/aromatic N) is 5. The molecule has 0 N–H and O–H groups in total. The van der Waals surface area contributed by atoms with Gasteiger partial charge in [-0.1, -0.05) is 155 Å². The molecule has 0 bridgehead atoms. The van der Waals surface area contributed by atoms with Crippen LogP contribution in [0.15, 0.2) is 146 Å². The monoisotopic (exact) mass is 721 g/mol. The highest BCUT2D eigenvalue weighted by atomic mass is 15.2. The van der Waals surface area contributed by atoms with E-state index in [0.717, 1.165) is 28.6 Å². The van der Waals surface area contributed by atoms with Gasteiger partial charge in [-0.05, 0) is 58.0 Å².